The van der Waals surface area contributed by atoms with E-state index < -0.39 is 17.3 Å². The Labute approximate surface area is 87.0 Å². The van der Waals surface area contributed by atoms with E-state index in [1.54, 1.807) is 0 Å². The van der Waals surface area contributed by atoms with Gasteiger partial charge in [-0.2, -0.15) is 18.4 Å². The first-order valence-corrected chi connectivity index (χ1v) is 4.58. The molecular formula is C6H6F3N5S. The highest BCUT2D eigenvalue weighted by Gasteiger charge is 2.38. The summed E-state index contributed by atoms with van der Waals surface area (Å²) >= 11 is 0.810. The largest absolute Gasteiger partial charge is 0.453 e. The molecular weight excluding hydrogens is 231 g/mol. The number of aromatic nitrogens is 3. The molecule has 1 heterocycles. The second-order valence-electron chi connectivity index (χ2n) is 2.56. The number of nitrogens with zero attached hydrogens (tertiary/aromatic N) is 4. The topological polar surface area (TPSA) is 80.5 Å². The molecule has 1 aromatic rings. The Bertz CT molecular complexity index is 392. The van der Waals surface area contributed by atoms with Crippen LogP contribution in [0.4, 0.5) is 13.2 Å². The summed E-state index contributed by atoms with van der Waals surface area (Å²) < 4.78 is 36.9. The van der Waals surface area contributed by atoms with Crippen LogP contribution in [0.2, 0.25) is 0 Å². The van der Waals surface area contributed by atoms with E-state index in [-0.39, 0.29) is 5.16 Å². The maximum atomic E-state index is 12.2. The highest BCUT2D eigenvalue weighted by atomic mass is 32.2. The molecule has 0 amide bonds. The molecule has 0 spiro atoms. The molecule has 0 aliphatic heterocycles. The molecule has 0 aliphatic carbocycles. The summed E-state index contributed by atoms with van der Waals surface area (Å²) in [6.07, 6.45) is -4.64. The third-order valence-electron chi connectivity index (χ3n) is 1.38. The number of halogens is 3. The summed E-state index contributed by atoms with van der Waals surface area (Å²) in [4.78, 5) is 0. The molecule has 0 saturated carbocycles. The number of hydrogen-bond acceptors (Lipinski definition) is 5. The van der Waals surface area contributed by atoms with E-state index in [0.717, 1.165) is 11.8 Å². The second kappa shape index (κ2) is 3.98. The van der Waals surface area contributed by atoms with E-state index in [0.29, 0.717) is 4.68 Å². The zero-order valence-electron chi connectivity index (χ0n) is 7.49. The zero-order chi connectivity index (χ0) is 11.6. The summed E-state index contributed by atoms with van der Waals surface area (Å²) in [7, 11) is 0. The normalized spacial score (nSPS) is 13.5. The van der Waals surface area contributed by atoms with E-state index >= 15 is 0 Å². The minimum Gasteiger partial charge on any atom is -0.335 e. The fourth-order valence-corrected chi connectivity index (χ4v) is 1.39. The van der Waals surface area contributed by atoms with Crippen LogP contribution in [0.5, 0.6) is 0 Å². The average molecular weight is 237 g/mol. The fourth-order valence-electron chi connectivity index (χ4n) is 0.735. The van der Waals surface area contributed by atoms with E-state index in [1.807, 2.05) is 6.07 Å². The Hall–Kier alpha value is -1.43. The van der Waals surface area contributed by atoms with Crippen molar-refractivity contribution < 1.29 is 13.2 Å². The molecule has 1 atom stereocenters. The number of alkyl halides is 3. The molecule has 1 aromatic heterocycles. The smallest absolute Gasteiger partial charge is 0.335 e. The minimum atomic E-state index is -4.64. The van der Waals surface area contributed by atoms with Crippen LogP contribution >= 0.6 is 11.8 Å². The van der Waals surface area contributed by atoms with Gasteiger partial charge in [0, 0.05) is 0 Å². The lowest BCUT2D eigenvalue weighted by Crippen LogP contribution is -2.21. The predicted octanol–water partition coefficient (Wildman–Crippen LogP) is 1.01. The van der Waals surface area contributed by atoms with Gasteiger partial charge in [-0.25, -0.2) is 4.68 Å². The van der Waals surface area contributed by atoms with Crippen molar-refractivity contribution in [2.45, 2.75) is 23.5 Å². The second-order valence-corrected chi connectivity index (χ2v) is 3.87. The van der Waals surface area contributed by atoms with Crippen LogP contribution in [-0.4, -0.2) is 20.1 Å². The number of nitrogens with two attached hydrogens (primary N) is 1. The molecule has 0 fully saturated rings. The van der Waals surface area contributed by atoms with Gasteiger partial charge in [-0.15, -0.1) is 10.2 Å². The van der Waals surface area contributed by atoms with Crippen LogP contribution in [-0.2, 0) is 6.18 Å². The first-order valence-electron chi connectivity index (χ1n) is 3.70. The molecule has 15 heavy (non-hydrogen) atoms. The number of nitriles is 1. The molecule has 0 saturated heterocycles. The lowest BCUT2D eigenvalue weighted by atomic mass is 10.5. The summed E-state index contributed by atoms with van der Waals surface area (Å²) in [5.74, 6) is 3.85. The molecule has 0 aliphatic rings. The van der Waals surface area contributed by atoms with Crippen LogP contribution in [0.25, 0.3) is 0 Å². The van der Waals surface area contributed by atoms with Gasteiger partial charge in [-0.3, -0.25) is 0 Å². The maximum absolute atomic E-state index is 12.2. The number of rotatable bonds is 2. The quantitative estimate of drug-likeness (QED) is 0.613. The van der Waals surface area contributed by atoms with Crippen molar-refractivity contribution in [3.05, 3.63) is 5.82 Å². The van der Waals surface area contributed by atoms with Gasteiger partial charge in [0.15, 0.2) is 0 Å². The number of nitrogen functional groups attached to an aromatic ring is 1. The highest BCUT2D eigenvalue weighted by Crippen LogP contribution is 2.29. The third-order valence-corrected chi connectivity index (χ3v) is 2.33. The molecule has 0 aromatic carbocycles. The zero-order valence-corrected chi connectivity index (χ0v) is 8.30. The number of thioether (sulfide) groups is 1. The van der Waals surface area contributed by atoms with Gasteiger partial charge in [0.1, 0.15) is 0 Å². The van der Waals surface area contributed by atoms with Gasteiger partial charge in [-0.05, 0) is 6.92 Å². The lowest BCUT2D eigenvalue weighted by molar-refractivity contribution is -0.146. The number of hydrogen-bond donors (Lipinski definition) is 1. The van der Waals surface area contributed by atoms with E-state index in [4.69, 9.17) is 11.1 Å². The lowest BCUT2D eigenvalue weighted by Gasteiger charge is -2.06. The molecule has 5 nitrogen and oxygen atoms in total. The van der Waals surface area contributed by atoms with Crippen LogP contribution in [0.1, 0.15) is 12.7 Å². The minimum absolute atomic E-state index is 0.142. The van der Waals surface area contributed by atoms with Crippen molar-refractivity contribution in [1.82, 2.24) is 14.9 Å². The molecule has 0 radical (unpaired) electrons. The van der Waals surface area contributed by atoms with Gasteiger partial charge in [0.25, 0.3) is 5.82 Å². The first-order chi connectivity index (χ1) is 6.86. The van der Waals surface area contributed by atoms with Crippen LogP contribution < -0.4 is 5.84 Å². The summed E-state index contributed by atoms with van der Waals surface area (Å²) in [5.41, 5.74) is 0. The summed E-state index contributed by atoms with van der Waals surface area (Å²) in [6.45, 7) is 1.52. The summed E-state index contributed by atoms with van der Waals surface area (Å²) in [6, 6.07) is 1.83. The SMILES string of the molecule is CC(C#N)Sc1nnc(C(F)(F)F)n1N. The van der Waals surface area contributed by atoms with E-state index in [2.05, 4.69) is 10.2 Å². The summed E-state index contributed by atoms with van der Waals surface area (Å²) in [5, 5.41) is 13.9. The highest BCUT2D eigenvalue weighted by molar-refractivity contribution is 8.00. The fraction of sp³-hybridized carbons (Fsp3) is 0.500. The van der Waals surface area contributed by atoms with Crippen LogP contribution in [0, 0.1) is 11.3 Å². The molecule has 2 N–H and O–H groups in total. The van der Waals surface area contributed by atoms with Gasteiger partial charge < -0.3 is 5.84 Å². The first kappa shape index (κ1) is 11.6. The molecule has 1 rings (SSSR count). The Kier molecular flexibility index (Phi) is 3.09. The van der Waals surface area contributed by atoms with Crippen molar-refractivity contribution in [3.8, 4) is 6.07 Å². The maximum Gasteiger partial charge on any atom is 0.453 e. The van der Waals surface area contributed by atoms with Crippen molar-refractivity contribution >= 4 is 11.8 Å². The molecule has 1 unspecified atom stereocenters. The van der Waals surface area contributed by atoms with Gasteiger partial charge in [0.05, 0.1) is 11.3 Å². The van der Waals surface area contributed by atoms with Crippen molar-refractivity contribution in [2.24, 2.45) is 0 Å². The van der Waals surface area contributed by atoms with Gasteiger partial charge >= 0.3 is 6.18 Å². The van der Waals surface area contributed by atoms with E-state index in [1.165, 1.54) is 6.92 Å². The van der Waals surface area contributed by atoms with Gasteiger partial charge in [0.2, 0.25) is 5.16 Å². The molecule has 9 heteroatoms. The van der Waals surface area contributed by atoms with Gasteiger partial charge in [-0.1, -0.05) is 11.8 Å². The molecule has 0 bridgehead atoms. The Morgan fingerprint density at radius 2 is 2.13 bits per heavy atom. The standard InChI is InChI=1S/C6H6F3N5S/c1-3(2-10)15-5-13-12-4(14(5)11)6(7,8)9/h3H,11H2,1H3. The monoisotopic (exact) mass is 237 g/mol. The van der Waals surface area contributed by atoms with Crippen LogP contribution in [0.3, 0.4) is 0 Å². The van der Waals surface area contributed by atoms with Crippen LogP contribution in [0.15, 0.2) is 5.16 Å². The molecule has 82 valence electrons. The van der Waals surface area contributed by atoms with Crippen molar-refractivity contribution in [1.29, 1.82) is 5.26 Å². The predicted molar refractivity (Wildman–Crippen MR) is 46.1 cm³/mol. The van der Waals surface area contributed by atoms with Crippen molar-refractivity contribution in [3.63, 3.8) is 0 Å². The van der Waals surface area contributed by atoms with E-state index in [9.17, 15) is 13.2 Å². The average Bonchev–Trinajstić information content (AvgIpc) is 2.47. The Morgan fingerprint density at radius 3 is 2.53 bits per heavy atom. The van der Waals surface area contributed by atoms with Crippen molar-refractivity contribution in [2.75, 3.05) is 5.84 Å². The Balaban J connectivity index is 2.96. The Morgan fingerprint density at radius 1 is 1.53 bits per heavy atom. The third kappa shape index (κ3) is 2.53.